The number of nitrogens with zero attached hydrogens (tertiary/aromatic N) is 1. The molecule has 0 atom stereocenters. The van der Waals surface area contributed by atoms with Crippen molar-refractivity contribution in [3.63, 3.8) is 0 Å². The van der Waals surface area contributed by atoms with Gasteiger partial charge in [0.05, 0.1) is 5.75 Å². The number of sulfone groups is 1. The Labute approximate surface area is 110 Å². The second-order valence-electron chi connectivity index (χ2n) is 4.82. The molecule has 0 heterocycles. The first-order valence-corrected chi connectivity index (χ1v) is 8.95. The lowest BCUT2D eigenvalue weighted by atomic mass is 9.91. The fourth-order valence-electron chi connectivity index (χ4n) is 2.16. The van der Waals surface area contributed by atoms with Crippen LogP contribution < -0.4 is 0 Å². The van der Waals surface area contributed by atoms with Gasteiger partial charge in [-0.3, -0.25) is 4.90 Å². The quantitative estimate of drug-likeness (QED) is 0.609. The Bertz CT molecular complexity index is 302. The minimum absolute atomic E-state index is 0.305. The lowest BCUT2D eigenvalue weighted by Gasteiger charge is -2.37. The van der Waals surface area contributed by atoms with Crippen LogP contribution in [0.1, 0.15) is 39.0 Å². The van der Waals surface area contributed by atoms with Crippen LogP contribution in [0.25, 0.3) is 0 Å². The van der Waals surface area contributed by atoms with E-state index < -0.39 is 9.84 Å². The Kier molecular flexibility index (Phi) is 6.82. The predicted octanol–water partition coefficient (Wildman–Crippen LogP) is 2.29. The van der Waals surface area contributed by atoms with E-state index in [1.54, 1.807) is 0 Å². The number of hydrogen-bond donors (Lipinski definition) is 0. The molecule has 0 spiro atoms. The highest BCUT2D eigenvalue weighted by atomic mass is 35.5. The summed E-state index contributed by atoms with van der Waals surface area (Å²) >= 11 is 5.71. The van der Waals surface area contributed by atoms with E-state index in [9.17, 15) is 8.42 Å². The number of hydrogen-bond acceptors (Lipinski definition) is 3. The lowest BCUT2D eigenvalue weighted by molar-refractivity contribution is 0.135. The van der Waals surface area contributed by atoms with Gasteiger partial charge in [0, 0.05) is 24.2 Å². The molecule has 3 nitrogen and oxygen atoms in total. The third-order valence-corrected chi connectivity index (χ3v) is 5.48. The largest absolute Gasteiger partial charge is 0.299 e. The van der Waals surface area contributed by atoms with E-state index in [1.165, 1.54) is 19.3 Å². The van der Waals surface area contributed by atoms with Crippen LogP contribution in [-0.4, -0.2) is 49.8 Å². The van der Waals surface area contributed by atoms with Crippen molar-refractivity contribution in [2.45, 2.75) is 45.1 Å². The number of halogens is 1. The Balaban J connectivity index is 2.37. The molecule has 0 unspecified atom stereocenters. The molecule has 0 saturated heterocycles. The van der Waals surface area contributed by atoms with Gasteiger partial charge in [-0.15, -0.1) is 11.6 Å². The fourth-order valence-corrected chi connectivity index (χ4v) is 3.62. The summed E-state index contributed by atoms with van der Waals surface area (Å²) in [6.45, 7) is 3.54. The van der Waals surface area contributed by atoms with Crippen molar-refractivity contribution in [2.24, 2.45) is 0 Å². The summed E-state index contributed by atoms with van der Waals surface area (Å²) in [5.74, 6) is 1.28. The van der Waals surface area contributed by atoms with Gasteiger partial charge in [-0.2, -0.15) is 0 Å². The van der Waals surface area contributed by atoms with Crippen molar-refractivity contribution in [1.29, 1.82) is 0 Å². The van der Waals surface area contributed by atoms with E-state index in [-0.39, 0.29) is 0 Å². The van der Waals surface area contributed by atoms with E-state index in [0.29, 0.717) is 36.4 Å². The summed E-state index contributed by atoms with van der Waals surface area (Å²) < 4.78 is 23.4. The topological polar surface area (TPSA) is 37.4 Å². The molecule has 1 fully saturated rings. The Morgan fingerprint density at radius 3 is 2.41 bits per heavy atom. The first-order valence-electron chi connectivity index (χ1n) is 6.59. The zero-order chi connectivity index (χ0) is 12.7. The summed E-state index contributed by atoms with van der Waals surface area (Å²) in [7, 11) is -2.84. The molecule has 0 amide bonds. The number of alkyl halides is 1. The second-order valence-corrected chi connectivity index (χ2v) is 7.50. The molecule has 0 aromatic carbocycles. The highest BCUT2D eigenvalue weighted by molar-refractivity contribution is 7.91. The fraction of sp³-hybridized carbons (Fsp3) is 1.00. The van der Waals surface area contributed by atoms with E-state index in [4.69, 9.17) is 11.6 Å². The van der Waals surface area contributed by atoms with E-state index >= 15 is 0 Å². The van der Waals surface area contributed by atoms with Gasteiger partial charge in [0.25, 0.3) is 0 Å². The first kappa shape index (κ1) is 15.3. The zero-order valence-corrected chi connectivity index (χ0v) is 12.3. The Morgan fingerprint density at radius 2 is 1.94 bits per heavy atom. The molecule has 1 aliphatic rings. The molecule has 0 N–H and O–H groups in total. The zero-order valence-electron chi connectivity index (χ0n) is 10.7. The average molecular weight is 282 g/mol. The monoisotopic (exact) mass is 281 g/mol. The summed E-state index contributed by atoms with van der Waals surface area (Å²) in [4.78, 5) is 2.32. The van der Waals surface area contributed by atoms with Crippen LogP contribution in [0.4, 0.5) is 0 Å². The predicted molar refractivity (Wildman–Crippen MR) is 73.5 cm³/mol. The van der Waals surface area contributed by atoms with Crippen molar-refractivity contribution in [3.05, 3.63) is 0 Å². The summed E-state index contributed by atoms with van der Waals surface area (Å²) in [5.41, 5.74) is 0. The molecule has 0 bridgehead atoms. The Morgan fingerprint density at radius 1 is 1.24 bits per heavy atom. The van der Waals surface area contributed by atoms with Crippen LogP contribution in [0.2, 0.25) is 0 Å². The molecule has 102 valence electrons. The van der Waals surface area contributed by atoms with Gasteiger partial charge in [-0.25, -0.2) is 8.42 Å². The van der Waals surface area contributed by atoms with Gasteiger partial charge >= 0.3 is 0 Å². The number of rotatable bonds is 9. The summed E-state index contributed by atoms with van der Waals surface area (Å²) in [6, 6.07) is 0.607. The van der Waals surface area contributed by atoms with Gasteiger partial charge < -0.3 is 0 Å². The highest BCUT2D eigenvalue weighted by Crippen LogP contribution is 2.24. The van der Waals surface area contributed by atoms with Crippen molar-refractivity contribution in [1.82, 2.24) is 4.90 Å². The molecule has 0 aromatic rings. The van der Waals surface area contributed by atoms with Crippen LogP contribution in [0.15, 0.2) is 0 Å². The molecule has 0 aliphatic heterocycles. The first-order chi connectivity index (χ1) is 8.09. The second kappa shape index (κ2) is 7.59. The lowest BCUT2D eigenvalue weighted by Crippen LogP contribution is -2.43. The van der Waals surface area contributed by atoms with E-state index in [2.05, 4.69) is 4.90 Å². The molecule has 1 saturated carbocycles. The standard InChI is InChI=1S/C12H24ClNO2S/c1-2-10-17(15,16)11-9-14(8-4-7-13)12-5-3-6-12/h12H,2-11H2,1H3. The van der Waals surface area contributed by atoms with Crippen LogP contribution in [0.3, 0.4) is 0 Å². The third-order valence-electron chi connectivity index (χ3n) is 3.37. The normalized spacial score (nSPS) is 17.4. The van der Waals surface area contributed by atoms with Gasteiger partial charge in [-0.1, -0.05) is 13.3 Å². The van der Waals surface area contributed by atoms with Crippen molar-refractivity contribution in [2.75, 3.05) is 30.5 Å². The SMILES string of the molecule is CCCS(=O)(=O)CCN(CCCCl)C1CCC1. The summed E-state index contributed by atoms with van der Waals surface area (Å²) in [5, 5.41) is 0. The molecule has 17 heavy (non-hydrogen) atoms. The minimum Gasteiger partial charge on any atom is -0.299 e. The van der Waals surface area contributed by atoms with Crippen molar-refractivity contribution < 1.29 is 8.42 Å². The Hall–Kier alpha value is 0.200. The van der Waals surface area contributed by atoms with Gasteiger partial charge in [0.15, 0.2) is 9.84 Å². The molecule has 1 rings (SSSR count). The summed E-state index contributed by atoms with van der Waals surface area (Å²) in [6.07, 6.45) is 5.38. The van der Waals surface area contributed by atoms with Crippen molar-refractivity contribution >= 4 is 21.4 Å². The molecule has 5 heteroatoms. The van der Waals surface area contributed by atoms with E-state index in [1.807, 2.05) is 6.92 Å². The van der Waals surface area contributed by atoms with E-state index in [0.717, 1.165) is 13.0 Å². The van der Waals surface area contributed by atoms with Gasteiger partial charge in [0.1, 0.15) is 0 Å². The van der Waals surface area contributed by atoms with Crippen LogP contribution in [-0.2, 0) is 9.84 Å². The third kappa shape index (κ3) is 5.58. The molecule has 0 radical (unpaired) electrons. The maximum Gasteiger partial charge on any atom is 0.151 e. The molecule has 0 aromatic heterocycles. The van der Waals surface area contributed by atoms with Crippen molar-refractivity contribution in [3.8, 4) is 0 Å². The van der Waals surface area contributed by atoms with Crippen LogP contribution >= 0.6 is 11.6 Å². The van der Waals surface area contributed by atoms with Crippen LogP contribution in [0, 0.1) is 0 Å². The van der Waals surface area contributed by atoms with Gasteiger partial charge in [-0.05, 0) is 32.2 Å². The maximum absolute atomic E-state index is 11.7. The smallest absolute Gasteiger partial charge is 0.151 e. The molecule has 1 aliphatic carbocycles. The van der Waals surface area contributed by atoms with Gasteiger partial charge in [0.2, 0.25) is 0 Å². The van der Waals surface area contributed by atoms with Crippen LogP contribution in [0.5, 0.6) is 0 Å². The molecular weight excluding hydrogens is 258 g/mol. The minimum atomic E-state index is -2.84. The molecular formula is C12H24ClNO2S. The average Bonchev–Trinajstić information content (AvgIpc) is 2.19. The highest BCUT2D eigenvalue weighted by Gasteiger charge is 2.25. The maximum atomic E-state index is 11.7.